The van der Waals surface area contributed by atoms with Gasteiger partial charge in [0.05, 0.1) is 13.7 Å². The lowest BCUT2D eigenvalue weighted by Gasteiger charge is -2.16. The predicted octanol–water partition coefficient (Wildman–Crippen LogP) is 1.30. The Balaban J connectivity index is 2.76. The van der Waals surface area contributed by atoms with Gasteiger partial charge in [-0.05, 0) is 32.0 Å². The molecule has 1 aromatic rings. The van der Waals surface area contributed by atoms with Crippen molar-refractivity contribution in [2.45, 2.75) is 26.4 Å². The molecule has 0 fully saturated rings. The summed E-state index contributed by atoms with van der Waals surface area (Å²) >= 11 is 0. The van der Waals surface area contributed by atoms with E-state index in [4.69, 9.17) is 20.4 Å². The van der Waals surface area contributed by atoms with Crippen LogP contribution < -0.4 is 15.8 Å². The largest absolute Gasteiger partial charge is 0.496 e. The average molecular weight is 281 g/mol. The molecule has 1 aromatic carbocycles. The molecule has 0 aliphatic carbocycles. The lowest BCUT2D eigenvalue weighted by atomic mass is 10.1. The maximum absolute atomic E-state index is 8.72. The second kappa shape index (κ2) is 8.39. The third kappa shape index (κ3) is 4.71. The Kier molecular flexibility index (Phi) is 6.83. The lowest BCUT2D eigenvalue weighted by molar-refractivity contribution is 0.127. The van der Waals surface area contributed by atoms with Crippen LogP contribution in [0.2, 0.25) is 0 Å². The van der Waals surface area contributed by atoms with Crippen LogP contribution >= 0.6 is 0 Å². The number of amidine groups is 1. The summed E-state index contributed by atoms with van der Waals surface area (Å²) < 4.78 is 10.7. The molecule has 0 saturated heterocycles. The number of rotatable bonds is 8. The van der Waals surface area contributed by atoms with E-state index < -0.39 is 0 Å². The van der Waals surface area contributed by atoms with Gasteiger partial charge in [0.1, 0.15) is 5.75 Å². The standard InChI is InChI=1S/C14H23N3O3/c1-4-20-9-10(2)16-8-12-7-11(14(15)17-18)5-6-13(12)19-3/h5-7,10,16,18H,4,8-9H2,1-3H3,(H2,15,17). The number of nitrogens with zero attached hydrogens (tertiary/aromatic N) is 1. The van der Waals surface area contributed by atoms with E-state index in [-0.39, 0.29) is 11.9 Å². The van der Waals surface area contributed by atoms with Crippen molar-refractivity contribution < 1.29 is 14.7 Å². The van der Waals surface area contributed by atoms with Crippen LogP contribution in [0.15, 0.2) is 23.4 Å². The van der Waals surface area contributed by atoms with Crippen molar-refractivity contribution in [3.63, 3.8) is 0 Å². The van der Waals surface area contributed by atoms with Crippen molar-refractivity contribution in [3.05, 3.63) is 29.3 Å². The number of oxime groups is 1. The molecule has 6 nitrogen and oxygen atoms in total. The molecule has 0 spiro atoms. The van der Waals surface area contributed by atoms with E-state index in [1.165, 1.54) is 0 Å². The number of ether oxygens (including phenoxy) is 2. The second-order valence-corrected chi connectivity index (χ2v) is 4.45. The van der Waals surface area contributed by atoms with E-state index in [9.17, 15) is 0 Å². The van der Waals surface area contributed by atoms with E-state index >= 15 is 0 Å². The van der Waals surface area contributed by atoms with Gasteiger partial charge in [0.15, 0.2) is 5.84 Å². The fraction of sp³-hybridized carbons (Fsp3) is 0.500. The van der Waals surface area contributed by atoms with Crippen LogP contribution in [-0.2, 0) is 11.3 Å². The van der Waals surface area contributed by atoms with Gasteiger partial charge in [0.25, 0.3) is 0 Å². The lowest BCUT2D eigenvalue weighted by Crippen LogP contribution is -2.30. The van der Waals surface area contributed by atoms with E-state index in [0.29, 0.717) is 25.3 Å². The molecule has 0 saturated carbocycles. The summed E-state index contributed by atoms with van der Waals surface area (Å²) in [5.74, 6) is 0.840. The van der Waals surface area contributed by atoms with Crippen molar-refractivity contribution in [3.8, 4) is 5.75 Å². The summed E-state index contributed by atoms with van der Waals surface area (Å²) in [6.07, 6.45) is 0. The zero-order valence-electron chi connectivity index (χ0n) is 12.2. The molecular weight excluding hydrogens is 258 g/mol. The Morgan fingerprint density at radius 3 is 2.85 bits per heavy atom. The number of methoxy groups -OCH3 is 1. The van der Waals surface area contributed by atoms with E-state index in [2.05, 4.69) is 17.4 Å². The fourth-order valence-electron chi connectivity index (χ4n) is 1.77. The summed E-state index contributed by atoms with van der Waals surface area (Å²) in [7, 11) is 1.62. The molecule has 0 aromatic heterocycles. The number of benzene rings is 1. The van der Waals surface area contributed by atoms with Crippen LogP contribution in [0.25, 0.3) is 0 Å². The average Bonchev–Trinajstić information content (AvgIpc) is 2.49. The third-order valence-corrected chi connectivity index (χ3v) is 2.90. The molecule has 6 heteroatoms. The van der Waals surface area contributed by atoms with Crippen LogP contribution in [0, 0.1) is 0 Å². The molecule has 0 bridgehead atoms. The van der Waals surface area contributed by atoms with E-state index in [0.717, 1.165) is 11.3 Å². The normalized spacial score (nSPS) is 13.2. The summed E-state index contributed by atoms with van der Waals surface area (Å²) in [6.45, 7) is 5.99. The highest BCUT2D eigenvalue weighted by Gasteiger charge is 2.09. The van der Waals surface area contributed by atoms with Gasteiger partial charge in [-0.3, -0.25) is 0 Å². The summed E-state index contributed by atoms with van der Waals surface area (Å²) in [5, 5.41) is 15.1. The Labute approximate surface area is 119 Å². The monoisotopic (exact) mass is 281 g/mol. The molecule has 4 N–H and O–H groups in total. The Hall–Kier alpha value is -1.79. The third-order valence-electron chi connectivity index (χ3n) is 2.90. The van der Waals surface area contributed by atoms with Crippen molar-refractivity contribution >= 4 is 5.84 Å². The summed E-state index contributed by atoms with van der Waals surface area (Å²) in [6, 6.07) is 5.62. The van der Waals surface area contributed by atoms with Crippen LogP contribution in [0.5, 0.6) is 5.75 Å². The molecule has 20 heavy (non-hydrogen) atoms. The van der Waals surface area contributed by atoms with Crippen LogP contribution in [0.4, 0.5) is 0 Å². The van der Waals surface area contributed by atoms with Gasteiger partial charge in [-0.25, -0.2) is 0 Å². The van der Waals surface area contributed by atoms with Crippen LogP contribution in [-0.4, -0.2) is 37.4 Å². The molecule has 0 radical (unpaired) electrons. The molecule has 112 valence electrons. The van der Waals surface area contributed by atoms with Crippen molar-refractivity contribution in [1.29, 1.82) is 0 Å². The number of nitrogens with one attached hydrogen (secondary N) is 1. The van der Waals surface area contributed by atoms with Crippen molar-refractivity contribution in [1.82, 2.24) is 5.32 Å². The minimum absolute atomic E-state index is 0.0799. The SMILES string of the molecule is CCOCC(C)NCc1cc(/C(N)=N/O)ccc1OC. The highest BCUT2D eigenvalue weighted by atomic mass is 16.5. The molecule has 0 heterocycles. The molecule has 1 atom stereocenters. The van der Waals surface area contributed by atoms with Gasteiger partial charge in [-0.1, -0.05) is 5.16 Å². The molecule has 0 aliphatic rings. The minimum atomic E-state index is 0.0799. The van der Waals surface area contributed by atoms with Gasteiger partial charge >= 0.3 is 0 Å². The molecule has 0 amide bonds. The predicted molar refractivity (Wildman–Crippen MR) is 78.3 cm³/mol. The highest BCUT2D eigenvalue weighted by molar-refractivity contribution is 5.97. The fourth-order valence-corrected chi connectivity index (χ4v) is 1.77. The zero-order chi connectivity index (χ0) is 15.0. The van der Waals surface area contributed by atoms with Gasteiger partial charge in [0.2, 0.25) is 0 Å². The topological polar surface area (TPSA) is 89.1 Å². The molecule has 1 rings (SSSR count). The quantitative estimate of drug-likeness (QED) is 0.289. The number of hydrogen-bond donors (Lipinski definition) is 3. The minimum Gasteiger partial charge on any atom is -0.496 e. The van der Waals surface area contributed by atoms with E-state index in [1.807, 2.05) is 13.0 Å². The Bertz CT molecular complexity index is 449. The Morgan fingerprint density at radius 2 is 2.25 bits per heavy atom. The van der Waals surface area contributed by atoms with Gasteiger partial charge in [0, 0.05) is 30.3 Å². The van der Waals surface area contributed by atoms with Gasteiger partial charge < -0.3 is 25.7 Å². The molecule has 1 unspecified atom stereocenters. The van der Waals surface area contributed by atoms with Crippen molar-refractivity contribution in [2.24, 2.45) is 10.9 Å². The zero-order valence-corrected chi connectivity index (χ0v) is 12.2. The van der Waals surface area contributed by atoms with Crippen molar-refractivity contribution in [2.75, 3.05) is 20.3 Å². The maximum Gasteiger partial charge on any atom is 0.170 e. The smallest absolute Gasteiger partial charge is 0.170 e. The Morgan fingerprint density at radius 1 is 1.50 bits per heavy atom. The number of nitrogens with two attached hydrogens (primary N) is 1. The second-order valence-electron chi connectivity index (χ2n) is 4.45. The highest BCUT2D eigenvalue weighted by Crippen LogP contribution is 2.20. The van der Waals surface area contributed by atoms with Gasteiger partial charge in [-0.2, -0.15) is 0 Å². The summed E-state index contributed by atoms with van der Waals surface area (Å²) in [5.41, 5.74) is 7.19. The van der Waals surface area contributed by atoms with Crippen LogP contribution in [0.3, 0.4) is 0 Å². The molecular formula is C14H23N3O3. The number of hydrogen-bond acceptors (Lipinski definition) is 5. The molecule has 0 aliphatic heterocycles. The first-order valence-electron chi connectivity index (χ1n) is 6.58. The first kappa shape index (κ1) is 16.3. The maximum atomic E-state index is 8.72. The van der Waals surface area contributed by atoms with E-state index in [1.54, 1.807) is 19.2 Å². The van der Waals surface area contributed by atoms with Gasteiger partial charge in [-0.15, -0.1) is 0 Å². The first-order chi connectivity index (χ1) is 9.62. The first-order valence-corrected chi connectivity index (χ1v) is 6.58. The van der Waals surface area contributed by atoms with Crippen LogP contribution in [0.1, 0.15) is 25.0 Å². The summed E-state index contributed by atoms with van der Waals surface area (Å²) in [4.78, 5) is 0.